The molecule has 0 saturated heterocycles. The molecule has 0 aliphatic rings. The zero-order chi connectivity index (χ0) is 12.8. The largest absolute Gasteiger partial charge is 0.496 e. The van der Waals surface area contributed by atoms with Gasteiger partial charge in [0.25, 0.3) is 5.91 Å². The van der Waals surface area contributed by atoms with Gasteiger partial charge in [-0.25, -0.2) is 4.79 Å². The van der Waals surface area contributed by atoms with E-state index in [4.69, 9.17) is 4.74 Å². The van der Waals surface area contributed by atoms with E-state index in [0.29, 0.717) is 10.6 Å². The lowest BCUT2D eigenvalue weighted by molar-refractivity contribution is -0.149. The Morgan fingerprint density at radius 2 is 2.24 bits per heavy atom. The molecular weight excluding hydrogens is 246 g/mol. The van der Waals surface area contributed by atoms with Crippen LogP contribution < -0.4 is 10.1 Å². The second-order valence-electron chi connectivity index (χ2n) is 3.10. The molecule has 7 heteroatoms. The number of hydrogen-bond donors (Lipinski definition) is 2. The topological polar surface area (TPSA) is 84.9 Å². The van der Waals surface area contributed by atoms with Crippen LogP contribution in [-0.4, -0.2) is 43.9 Å². The minimum absolute atomic E-state index is 0.189. The zero-order valence-electron chi connectivity index (χ0n) is 9.43. The average molecular weight is 259 g/mol. The lowest BCUT2D eigenvalue weighted by atomic mass is 10.3. The van der Waals surface area contributed by atoms with Crippen molar-refractivity contribution >= 4 is 23.2 Å². The number of carbonyl (C=O) groups excluding carboxylic acids is 2. The van der Waals surface area contributed by atoms with Gasteiger partial charge in [0.15, 0.2) is 6.10 Å². The van der Waals surface area contributed by atoms with Crippen LogP contribution in [0.2, 0.25) is 0 Å². The number of aliphatic hydroxyl groups is 1. The molecule has 0 aromatic carbocycles. The smallest absolute Gasteiger partial charge is 0.336 e. The number of rotatable bonds is 5. The Bertz CT molecular complexity index is 403. The van der Waals surface area contributed by atoms with E-state index in [1.54, 1.807) is 11.4 Å². The summed E-state index contributed by atoms with van der Waals surface area (Å²) in [5, 5.41) is 13.4. The first-order valence-corrected chi connectivity index (χ1v) is 5.63. The van der Waals surface area contributed by atoms with E-state index in [1.165, 1.54) is 18.4 Å². The number of thiophene rings is 1. The molecule has 0 aliphatic heterocycles. The first kappa shape index (κ1) is 13.5. The summed E-state index contributed by atoms with van der Waals surface area (Å²) >= 11 is 1.21. The summed E-state index contributed by atoms with van der Waals surface area (Å²) in [5.41, 5.74) is 0. The van der Waals surface area contributed by atoms with E-state index < -0.39 is 12.1 Å². The summed E-state index contributed by atoms with van der Waals surface area (Å²) in [4.78, 5) is 22.9. The molecule has 0 bridgehead atoms. The van der Waals surface area contributed by atoms with E-state index >= 15 is 0 Å². The Morgan fingerprint density at radius 3 is 2.76 bits per heavy atom. The average Bonchev–Trinajstić information content (AvgIpc) is 2.83. The monoisotopic (exact) mass is 259 g/mol. The van der Waals surface area contributed by atoms with Crippen LogP contribution in [0.3, 0.4) is 0 Å². The van der Waals surface area contributed by atoms with Crippen molar-refractivity contribution in [2.75, 3.05) is 20.8 Å². The maximum absolute atomic E-state index is 11.6. The van der Waals surface area contributed by atoms with Crippen molar-refractivity contribution in [1.82, 2.24) is 5.32 Å². The first-order valence-electron chi connectivity index (χ1n) is 4.75. The Kier molecular flexibility index (Phi) is 4.92. The number of ether oxygens (including phenoxy) is 2. The van der Waals surface area contributed by atoms with Crippen LogP contribution >= 0.6 is 11.3 Å². The van der Waals surface area contributed by atoms with Gasteiger partial charge in [0.1, 0.15) is 5.75 Å². The maximum Gasteiger partial charge on any atom is 0.336 e. The van der Waals surface area contributed by atoms with E-state index in [0.717, 1.165) is 7.11 Å². The van der Waals surface area contributed by atoms with Crippen LogP contribution in [-0.2, 0) is 9.53 Å². The first-order chi connectivity index (χ1) is 8.08. The lowest BCUT2D eigenvalue weighted by Gasteiger charge is -2.08. The second-order valence-corrected chi connectivity index (χ2v) is 4.01. The van der Waals surface area contributed by atoms with Crippen LogP contribution in [0.15, 0.2) is 11.4 Å². The molecule has 0 radical (unpaired) electrons. The van der Waals surface area contributed by atoms with Crippen LogP contribution in [0, 0.1) is 0 Å². The van der Waals surface area contributed by atoms with Gasteiger partial charge in [0.05, 0.1) is 25.6 Å². The van der Waals surface area contributed by atoms with Crippen LogP contribution in [0.1, 0.15) is 9.67 Å². The molecular formula is C10H13NO5S. The zero-order valence-corrected chi connectivity index (χ0v) is 10.2. The quantitative estimate of drug-likeness (QED) is 0.728. The molecule has 1 atom stereocenters. The fraction of sp³-hybridized carbons (Fsp3) is 0.400. The molecule has 1 aromatic rings. The molecule has 1 unspecified atom stereocenters. The van der Waals surface area contributed by atoms with E-state index in [9.17, 15) is 14.7 Å². The van der Waals surface area contributed by atoms with Crippen molar-refractivity contribution in [3.63, 3.8) is 0 Å². The maximum atomic E-state index is 11.6. The Hall–Kier alpha value is -1.60. The van der Waals surface area contributed by atoms with Gasteiger partial charge in [-0.3, -0.25) is 4.79 Å². The van der Waals surface area contributed by atoms with Crippen molar-refractivity contribution in [3.05, 3.63) is 16.3 Å². The number of esters is 1. The summed E-state index contributed by atoms with van der Waals surface area (Å²) in [6, 6.07) is 1.57. The van der Waals surface area contributed by atoms with Gasteiger partial charge in [-0.1, -0.05) is 0 Å². The van der Waals surface area contributed by atoms with Crippen LogP contribution in [0.25, 0.3) is 0 Å². The molecule has 1 aromatic heterocycles. The molecule has 94 valence electrons. The Balaban J connectivity index is 2.47. The van der Waals surface area contributed by atoms with Crippen molar-refractivity contribution in [2.24, 2.45) is 0 Å². The number of methoxy groups -OCH3 is 2. The normalized spacial score (nSPS) is 11.7. The molecule has 0 spiro atoms. The summed E-state index contributed by atoms with van der Waals surface area (Å²) in [5.74, 6) is -0.566. The summed E-state index contributed by atoms with van der Waals surface area (Å²) in [6.45, 7) is -0.189. The third-order valence-corrected chi connectivity index (χ3v) is 2.87. The summed E-state index contributed by atoms with van der Waals surface area (Å²) in [6.07, 6.45) is -1.36. The molecule has 1 rings (SSSR count). The molecule has 0 saturated carbocycles. The number of aliphatic hydroxyl groups excluding tert-OH is 1. The Labute approximate surface area is 102 Å². The number of hydrogen-bond acceptors (Lipinski definition) is 6. The van der Waals surface area contributed by atoms with E-state index in [-0.39, 0.29) is 12.5 Å². The highest BCUT2D eigenvalue weighted by atomic mass is 32.1. The van der Waals surface area contributed by atoms with Gasteiger partial charge in [-0.15, -0.1) is 11.3 Å². The predicted octanol–water partition coefficient (Wildman–Crippen LogP) is 0.0204. The van der Waals surface area contributed by atoms with Gasteiger partial charge in [-0.2, -0.15) is 0 Å². The third kappa shape index (κ3) is 3.72. The van der Waals surface area contributed by atoms with Crippen LogP contribution in [0.4, 0.5) is 0 Å². The predicted molar refractivity (Wildman–Crippen MR) is 61.2 cm³/mol. The molecule has 1 amide bonds. The highest BCUT2D eigenvalue weighted by molar-refractivity contribution is 7.12. The standard InChI is InChI=1S/C10H13NO5S/c1-15-6-3-8(17-5-6)9(13)11-4-7(12)10(14)16-2/h3,5,7,12H,4H2,1-2H3,(H,11,13). The summed E-state index contributed by atoms with van der Waals surface area (Å²) in [7, 11) is 2.67. The molecule has 0 fully saturated rings. The highest BCUT2D eigenvalue weighted by Gasteiger charge is 2.17. The van der Waals surface area contributed by atoms with Crippen LogP contribution in [0.5, 0.6) is 5.75 Å². The number of amides is 1. The van der Waals surface area contributed by atoms with Gasteiger partial charge in [-0.05, 0) is 0 Å². The minimum atomic E-state index is -1.36. The highest BCUT2D eigenvalue weighted by Crippen LogP contribution is 2.20. The number of nitrogens with one attached hydrogen (secondary N) is 1. The molecule has 17 heavy (non-hydrogen) atoms. The van der Waals surface area contributed by atoms with Gasteiger partial charge < -0.3 is 19.9 Å². The molecule has 0 aliphatic carbocycles. The van der Waals surface area contributed by atoms with Crippen molar-refractivity contribution in [3.8, 4) is 5.75 Å². The second kappa shape index (κ2) is 6.21. The van der Waals surface area contributed by atoms with Crippen molar-refractivity contribution in [1.29, 1.82) is 0 Å². The molecule has 1 heterocycles. The van der Waals surface area contributed by atoms with E-state index in [1.807, 2.05) is 0 Å². The SMILES string of the molecule is COC(=O)C(O)CNC(=O)c1cc(OC)cs1. The minimum Gasteiger partial charge on any atom is -0.496 e. The van der Waals surface area contributed by atoms with Crippen molar-refractivity contribution < 1.29 is 24.2 Å². The van der Waals surface area contributed by atoms with Gasteiger partial charge in [0, 0.05) is 11.4 Å². The lowest BCUT2D eigenvalue weighted by Crippen LogP contribution is -2.36. The third-order valence-electron chi connectivity index (χ3n) is 1.96. The fourth-order valence-corrected chi connectivity index (χ4v) is 1.81. The summed E-state index contributed by atoms with van der Waals surface area (Å²) < 4.78 is 9.25. The molecule has 6 nitrogen and oxygen atoms in total. The Morgan fingerprint density at radius 1 is 1.53 bits per heavy atom. The molecule has 2 N–H and O–H groups in total. The van der Waals surface area contributed by atoms with Gasteiger partial charge in [0.2, 0.25) is 0 Å². The van der Waals surface area contributed by atoms with E-state index in [2.05, 4.69) is 10.1 Å². The number of carbonyl (C=O) groups is 2. The van der Waals surface area contributed by atoms with Crippen molar-refractivity contribution in [2.45, 2.75) is 6.10 Å². The fourth-order valence-electron chi connectivity index (χ4n) is 1.04. The van der Waals surface area contributed by atoms with Gasteiger partial charge >= 0.3 is 5.97 Å².